The Morgan fingerprint density at radius 2 is 0.645 bits per heavy atom. The van der Waals surface area contributed by atoms with Crippen molar-refractivity contribution in [2.24, 2.45) is 0 Å². The van der Waals surface area contributed by atoms with Crippen molar-refractivity contribution in [1.29, 1.82) is 0 Å². The van der Waals surface area contributed by atoms with Gasteiger partial charge in [-0.25, -0.2) is 0 Å². The van der Waals surface area contributed by atoms with E-state index in [0.29, 0.717) is 0 Å². The van der Waals surface area contributed by atoms with Crippen molar-refractivity contribution < 1.29 is 52.7 Å². The number of hydrogen-bond acceptors (Lipinski definition) is 0. The Balaban J connectivity index is 3.12. The number of hydrogen-bond donors (Lipinski definition) is 0. The van der Waals surface area contributed by atoms with Crippen molar-refractivity contribution in [3.63, 3.8) is 0 Å². The SMILES string of the molecule is FC(F)(F)c1cccc(C(F)(F)F)c1[Si](Cl)(Cl)c1c(C(F)(F)F)cccc1C(F)(F)F. The number of rotatable bonds is 2. The predicted octanol–water partition coefficient (Wildman–Crippen LogP) is 6.80. The summed E-state index contributed by atoms with van der Waals surface area (Å²) in [6, 6.07) is 0.740. The van der Waals surface area contributed by atoms with Gasteiger partial charge in [0.1, 0.15) is 0 Å². The molecule has 2 aromatic carbocycles. The summed E-state index contributed by atoms with van der Waals surface area (Å²) in [5.41, 5.74) is -8.76. The predicted molar refractivity (Wildman–Crippen MR) is 89.6 cm³/mol. The molecule has 0 bridgehead atoms. The van der Waals surface area contributed by atoms with Gasteiger partial charge in [-0.1, -0.05) is 36.4 Å². The van der Waals surface area contributed by atoms with E-state index in [-0.39, 0.29) is 36.4 Å². The third-order valence-corrected chi connectivity index (χ3v) is 8.58. The first-order chi connectivity index (χ1) is 13.7. The third-order valence-electron chi connectivity index (χ3n) is 3.98. The lowest BCUT2D eigenvalue weighted by atomic mass is 10.1. The monoisotopic (exact) mass is 524 g/mol. The van der Waals surface area contributed by atoms with Crippen LogP contribution in [0.25, 0.3) is 0 Å². The molecule has 0 heterocycles. The van der Waals surface area contributed by atoms with E-state index in [1.54, 1.807) is 0 Å². The standard InChI is InChI=1S/C16H6Cl2F12Si/c17-31(18,11-7(13(19,20)21)3-1-4-8(11)14(22,23)24)12-9(15(25,26)27)5-2-6-10(12)16(28,29)30/h1-6H. The van der Waals surface area contributed by atoms with Crippen molar-refractivity contribution >= 4 is 39.2 Å². The molecule has 0 saturated carbocycles. The Hall–Kier alpha value is -1.60. The summed E-state index contributed by atoms with van der Waals surface area (Å²) in [6.07, 6.45) is -22.5. The fraction of sp³-hybridized carbons (Fsp3) is 0.250. The van der Waals surface area contributed by atoms with Gasteiger partial charge in [0.2, 0.25) is 0 Å². The van der Waals surface area contributed by atoms with Gasteiger partial charge >= 0.3 is 31.4 Å². The van der Waals surface area contributed by atoms with Crippen LogP contribution in [0.4, 0.5) is 52.7 Å². The fourth-order valence-electron chi connectivity index (χ4n) is 2.85. The molecule has 31 heavy (non-hydrogen) atoms. The van der Waals surface area contributed by atoms with E-state index in [4.69, 9.17) is 22.2 Å². The van der Waals surface area contributed by atoms with Gasteiger partial charge in [-0.15, -0.1) is 22.2 Å². The van der Waals surface area contributed by atoms with Gasteiger partial charge in [-0.2, -0.15) is 52.7 Å². The summed E-state index contributed by atoms with van der Waals surface area (Å²) in [4.78, 5) is 0. The highest BCUT2D eigenvalue weighted by Crippen LogP contribution is 2.41. The molecule has 0 atom stereocenters. The zero-order chi connectivity index (χ0) is 24.2. The van der Waals surface area contributed by atoms with E-state index < -0.39 is 64.0 Å². The molecule has 0 N–H and O–H groups in total. The zero-order valence-electron chi connectivity index (χ0n) is 14.3. The van der Waals surface area contributed by atoms with Gasteiger partial charge in [0.25, 0.3) is 0 Å². The minimum Gasteiger partial charge on any atom is -0.166 e. The Morgan fingerprint density at radius 1 is 0.452 bits per heavy atom. The van der Waals surface area contributed by atoms with Crippen LogP contribution in [0.1, 0.15) is 22.3 Å². The highest BCUT2D eigenvalue weighted by molar-refractivity contribution is 7.56. The van der Waals surface area contributed by atoms with Gasteiger partial charge in [0.05, 0.1) is 22.3 Å². The topological polar surface area (TPSA) is 0 Å². The molecule has 0 aliphatic rings. The molecule has 0 unspecified atom stereocenters. The molecule has 0 saturated heterocycles. The first-order valence-corrected chi connectivity index (χ1v) is 11.7. The molecular weight excluding hydrogens is 519 g/mol. The fourth-order valence-corrected chi connectivity index (χ4v) is 7.80. The summed E-state index contributed by atoms with van der Waals surface area (Å²) in [6.45, 7) is -6.01. The van der Waals surface area contributed by atoms with Crippen LogP contribution in [0.15, 0.2) is 36.4 Å². The second kappa shape index (κ2) is 7.76. The molecule has 0 aliphatic carbocycles. The van der Waals surface area contributed by atoms with Crippen molar-refractivity contribution in [3.8, 4) is 0 Å². The zero-order valence-corrected chi connectivity index (χ0v) is 16.8. The van der Waals surface area contributed by atoms with E-state index in [0.717, 1.165) is 0 Å². The molecule has 2 rings (SSSR count). The summed E-state index contributed by atoms with van der Waals surface area (Å²) < 4.78 is 161. The maximum Gasteiger partial charge on any atom is 0.416 e. The number of alkyl halides is 12. The molecule has 0 radical (unpaired) electrons. The normalized spacial score (nSPS) is 14.1. The quantitative estimate of drug-likeness (QED) is 0.230. The molecule has 0 aromatic heterocycles. The van der Waals surface area contributed by atoms with Crippen LogP contribution in [0.2, 0.25) is 0 Å². The minimum absolute atomic E-state index is 0.0422. The minimum atomic E-state index is -6.01. The molecule has 0 amide bonds. The van der Waals surface area contributed by atoms with Gasteiger partial charge in [-0.3, -0.25) is 0 Å². The summed E-state index contributed by atoms with van der Waals surface area (Å²) >= 11 is 11.5. The lowest BCUT2D eigenvalue weighted by molar-refractivity contribution is -0.142. The van der Waals surface area contributed by atoms with Crippen LogP contribution in [0.3, 0.4) is 0 Å². The average Bonchev–Trinajstić information content (AvgIpc) is 2.57. The number of halogens is 14. The molecule has 0 fully saturated rings. The molecule has 172 valence electrons. The van der Waals surface area contributed by atoms with Crippen molar-refractivity contribution in [2.45, 2.75) is 24.7 Å². The summed E-state index contributed by atoms with van der Waals surface area (Å²) in [5.74, 6) is 0. The van der Waals surface area contributed by atoms with Crippen LogP contribution in [0, 0.1) is 0 Å². The average molecular weight is 525 g/mol. The molecule has 2 aromatic rings. The smallest absolute Gasteiger partial charge is 0.166 e. The molecule has 0 nitrogen and oxygen atoms in total. The molecular formula is C16H6Cl2F12Si. The van der Waals surface area contributed by atoms with Crippen LogP contribution >= 0.6 is 22.2 Å². The van der Waals surface area contributed by atoms with E-state index >= 15 is 0 Å². The highest BCUT2D eigenvalue weighted by Gasteiger charge is 2.55. The maximum absolute atomic E-state index is 13.4. The van der Waals surface area contributed by atoms with E-state index in [2.05, 4.69) is 0 Å². The van der Waals surface area contributed by atoms with E-state index in [9.17, 15) is 52.7 Å². The summed E-state index contributed by atoms with van der Waals surface area (Å²) in [7, 11) is 0. The lowest BCUT2D eigenvalue weighted by Crippen LogP contribution is -2.57. The van der Waals surface area contributed by atoms with Crippen molar-refractivity contribution in [1.82, 2.24) is 0 Å². The van der Waals surface area contributed by atoms with Gasteiger partial charge < -0.3 is 0 Å². The highest BCUT2D eigenvalue weighted by atomic mass is 35.7. The van der Waals surface area contributed by atoms with Crippen LogP contribution in [-0.2, 0) is 24.7 Å². The third kappa shape index (κ3) is 5.08. The van der Waals surface area contributed by atoms with Gasteiger partial charge in [0.15, 0.2) is 0 Å². The van der Waals surface area contributed by atoms with Crippen molar-refractivity contribution in [2.75, 3.05) is 0 Å². The Bertz CT molecular complexity index is 829. The van der Waals surface area contributed by atoms with Crippen LogP contribution < -0.4 is 10.4 Å². The number of benzene rings is 2. The lowest BCUT2D eigenvalue weighted by Gasteiger charge is -2.30. The maximum atomic E-state index is 13.4. The second-order valence-corrected chi connectivity index (χ2v) is 12.2. The first kappa shape index (κ1) is 25.7. The summed E-state index contributed by atoms with van der Waals surface area (Å²) in [5, 5.41) is -4.14. The van der Waals surface area contributed by atoms with E-state index in [1.165, 1.54) is 0 Å². The van der Waals surface area contributed by atoms with E-state index in [1.807, 2.05) is 0 Å². The largest absolute Gasteiger partial charge is 0.416 e. The molecule has 0 spiro atoms. The Kier molecular flexibility index (Phi) is 6.43. The van der Waals surface area contributed by atoms with Crippen molar-refractivity contribution in [3.05, 3.63) is 58.7 Å². The van der Waals surface area contributed by atoms with Crippen LogP contribution in [0.5, 0.6) is 0 Å². The van der Waals surface area contributed by atoms with Gasteiger partial charge in [0, 0.05) is 0 Å². The first-order valence-electron chi connectivity index (χ1n) is 7.63. The second-order valence-electron chi connectivity index (χ2n) is 6.02. The molecule has 15 heteroatoms. The van der Waals surface area contributed by atoms with Gasteiger partial charge in [-0.05, 0) is 10.4 Å². The Morgan fingerprint density at radius 3 is 0.806 bits per heavy atom. The van der Waals surface area contributed by atoms with Crippen LogP contribution in [-0.4, -0.2) is 6.69 Å². The molecule has 0 aliphatic heterocycles. The Labute approximate surface area is 175 Å².